The van der Waals surface area contributed by atoms with Crippen molar-refractivity contribution in [3.63, 3.8) is 0 Å². The summed E-state index contributed by atoms with van der Waals surface area (Å²) in [5, 5.41) is 2.99. The van der Waals surface area contributed by atoms with E-state index in [-0.39, 0.29) is 50.2 Å². The number of hydrogen-bond donors (Lipinski definition) is 1. The molecule has 10 heteroatoms. The van der Waals surface area contributed by atoms with Gasteiger partial charge < -0.3 is 10.2 Å². The summed E-state index contributed by atoms with van der Waals surface area (Å²) >= 11 is 0. The molecule has 0 aromatic heterocycles. The third-order valence-corrected chi connectivity index (χ3v) is 8.00. The zero-order valence-corrected chi connectivity index (χ0v) is 24.4. The Morgan fingerprint density at radius 2 is 1.46 bits per heavy atom. The highest BCUT2D eigenvalue weighted by Gasteiger charge is 2.31. The van der Waals surface area contributed by atoms with E-state index in [4.69, 9.17) is 0 Å². The lowest BCUT2D eigenvalue weighted by Crippen LogP contribution is -2.52. The lowest BCUT2D eigenvalue weighted by Gasteiger charge is -2.32. The molecule has 0 spiro atoms. The van der Waals surface area contributed by atoms with Crippen molar-refractivity contribution >= 4 is 27.5 Å². The van der Waals surface area contributed by atoms with E-state index in [9.17, 15) is 26.8 Å². The van der Waals surface area contributed by atoms with Crippen molar-refractivity contribution in [1.29, 1.82) is 0 Å². The Balaban J connectivity index is 1.88. The van der Waals surface area contributed by atoms with Crippen LogP contribution in [0.2, 0.25) is 0 Å². The third-order valence-electron chi connectivity index (χ3n) is 6.81. The molecule has 7 nitrogen and oxygen atoms in total. The van der Waals surface area contributed by atoms with Crippen molar-refractivity contribution in [2.45, 2.75) is 58.2 Å². The van der Waals surface area contributed by atoms with Gasteiger partial charge in [0.15, 0.2) is 0 Å². The van der Waals surface area contributed by atoms with Crippen LogP contribution in [-0.4, -0.2) is 50.0 Å². The summed E-state index contributed by atoms with van der Waals surface area (Å²) in [6.07, 6.45) is 2.14. The van der Waals surface area contributed by atoms with E-state index in [1.807, 2.05) is 44.2 Å². The Morgan fingerprint density at radius 3 is 2.02 bits per heavy atom. The topological polar surface area (TPSA) is 86.8 Å². The van der Waals surface area contributed by atoms with Crippen LogP contribution in [0.1, 0.15) is 44.2 Å². The van der Waals surface area contributed by atoms with Gasteiger partial charge in [-0.15, -0.1) is 0 Å². The number of nitrogens with zero attached hydrogens (tertiary/aromatic N) is 2. The summed E-state index contributed by atoms with van der Waals surface area (Å²) < 4.78 is 53.1. The number of benzene rings is 3. The van der Waals surface area contributed by atoms with Crippen molar-refractivity contribution in [2.75, 3.05) is 17.1 Å². The van der Waals surface area contributed by atoms with Crippen LogP contribution >= 0.6 is 0 Å². The monoisotopic (exact) mass is 585 g/mol. The van der Waals surface area contributed by atoms with Crippen molar-refractivity contribution in [1.82, 2.24) is 10.2 Å². The number of anilines is 1. The fourth-order valence-electron chi connectivity index (χ4n) is 4.39. The maximum absolute atomic E-state index is 13.8. The molecule has 0 aliphatic heterocycles. The summed E-state index contributed by atoms with van der Waals surface area (Å²) in [5.41, 5.74) is 1.81. The molecule has 3 rings (SSSR count). The first-order chi connectivity index (χ1) is 19.5. The zero-order valence-electron chi connectivity index (χ0n) is 23.6. The van der Waals surface area contributed by atoms with Crippen LogP contribution in [0.15, 0.2) is 78.9 Å². The average molecular weight is 586 g/mol. The van der Waals surface area contributed by atoms with E-state index < -0.39 is 27.7 Å². The summed E-state index contributed by atoms with van der Waals surface area (Å²) in [6.45, 7) is 3.90. The Labute approximate surface area is 241 Å². The van der Waals surface area contributed by atoms with Crippen LogP contribution in [0, 0.1) is 11.6 Å². The molecular formula is C31H37F2N3O4S. The normalized spacial score (nSPS) is 12.8. The van der Waals surface area contributed by atoms with Crippen LogP contribution in [0.5, 0.6) is 0 Å². The van der Waals surface area contributed by atoms with Gasteiger partial charge in [-0.05, 0) is 67.3 Å². The first-order valence-corrected chi connectivity index (χ1v) is 15.4. The van der Waals surface area contributed by atoms with Gasteiger partial charge in [-0.3, -0.25) is 13.9 Å². The summed E-state index contributed by atoms with van der Waals surface area (Å²) in [7, 11) is -3.70. The predicted molar refractivity (Wildman–Crippen MR) is 157 cm³/mol. The predicted octanol–water partition coefficient (Wildman–Crippen LogP) is 5.07. The Kier molecular flexibility index (Phi) is 11.4. The molecule has 3 aromatic carbocycles. The fraction of sp³-hybridized carbons (Fsp3) is 0.355. The van der Waals surface area contributed by atoms with Crippen molar-refractivity contribution in [3.05, 3.63) is 102 Å². The van der Waals surface area contributed by atoms with Gasteiger partial charge in [0.2, 0.25) is 21.8 Å². The van der Waals surface area contributed by atoms with Gasteiger partial charge in [0.05, 0.1) is 11.9 Å². The minimum atomic E-state index is -3.70. The maximum Gasteiger partial charge on any atom is 0.243 e. The number of carbonyl (C=O) groups is 2. The van der Waals surface area contributed by atoms with Crippen LogP contribution in [-0.2, 0) is 32.6 Å². The van der Waals surface area contributed by atoms with Gasteiger partial charge in [-0.2, -0.15) is 0 Å². The highest BCUT2D eigenvalue weighted by molar-refractivity contribution is 7.92. The van der Waals surface area contributed by atoms with Crippen molar-refractivity contribution < 1.29 is 26.8 Å². The molecule has 0 radical (unpaired) electrons. The largest absolute Gasteiger partial charge is 0.352 e. The van der Waals surface area contributed by atoms with E-state index >= 15 is 0 Å². The molecule has 0 saturated heterocycles. The molecule has 0 saturated carbocycles. The first-order valence-electron chi connectivity index (χ1n) is 13.6. The number of hydrogen-bond acceptors (Lipinski definition) is 4. The number of amides is 2. The quantitative estimate of drug-likeness (QED) is 0.286. The molecule has 41 heavy (non-hydrogen) atoms. The Morgan fingerprint density at radius 1 is 0.878 bits per heavy atom. The molecule has 0 fully saturated rings. The molecule has 3 aromatic rings. The number of rotatable bonds is 14. The molecule has 2 atom stereocenters. The molecular weight excluding hydrogens is 548 g/mol. The molecule has 0 heterocycles. The molecule has 0 aliphatic rings. The highest BCUT2D eigenvalue weighted by Crippen LogP contribution is 2.21. The number of halogens is 2. The molecule has 0 bridgehead atoms. The van der Waals surface area contributed by atoms with Crippen LogP contribution in [0.4, 0.5) is 14.5 Å². The van der Waals surface area contributed by atoms with Gasteiger partial charge in [0.1, 0.15) is 17.7 Å². The van der Waals surface area contributed by atoms with E-state index in [2.05, 4.69) is 5.32 Å². The van der Waals surface area contributed by atoms with Gasteiger partial charge in [-0.1, -0.05) is 49.4 Å². The smallest absolute Gasteiger partial charge is 0.243 e. The standard InChI is InChI=1S/C31H37F2N3O4S/c1-4-23(2)34-31(38)29(21-24-9-6-5-7-10-24)35(22-25-12-14-26(32)15-13-25)30(37)11-8-20-36(41(3,39)40)28-18-16-27(33)17-19-28/h5-7,9-10,12-19,23,29H,4,8,11,20-22H2,1-3H3,(H,34,38)/t23-,29+/m0/s1. The van der Waals surface area contributed by atoms with Crippen LogP contribution in [0.3, 0.4) is 0 Å². The van der Waals surface area contributed by atoms with Crippen molar-refractivity contribution in [2.24, 2.45) is 0 Å². The minimum absolute atomic E-state index is 0.0109. The van der Waals surface area contributed by atoms with Gasteiger partial charge in [0, 0.05) is 32.0 Å². The van der Waals surface area contributed by atoms with Crippen molar-refractivity contribution in [3.8, 4) is 0 Å². The third kappa shape index (κ3) is 9.67. The number of sulfonamides is 1. The van der Waals surface area contributed by atoms with E-state index in [1.165, 1.54) is 41.3 Å². The van der Waals surface area contributed by atoms with Gasteiger partial charge in [0.25, 0.3) is 0 Å². The first kappa shape index (κ1) is 31.7. The lowest BCUT2D eigenvalue weighted by atomic mass is 10.0. The molecule has 2 amide bonds. The van der Waals surface area contributed by atoms with E-state index in [1.54, 1.807) is 12.1 Å². The van der Waals surface area contributed by atoms with Gasteiger partial charge in [-0.25, -0.2) is 17.2 Å². The SMILES string of the molecule is CC[C@H](C)NC(=O)[C@@H](Cc1ccccc1)N(Cc1ccc(F)cc1)C(=O)CCCN(c1ccc(F)cc1)S(C)(=O)=O. The van der Waals surface area contributed by atoms with Crippen LogP contribution < -0.4 is 9.62 Å². The minimum Gasteiger partial charge on any atom is -0.352 e. The lowest BCUT2D eigenvalue weighted by molar-refractivity contribution is -0.141. The number of nitrogens with one attached hydrogen (secondary N) is 1. The molecule has 0 unspecified atom stereocenters. The Bertz CT molecular complexity index is 1390. The van der Waals surface area contributed by atoms with Crippen LogP contribution in [0.25, 0.3) is 0 Å². The molecule has 0 aliphatic carbocycles. The second-order valence-corrected chi connectivity index (χ2v) is 12.0. The van der Waals surface area contributed by atoms with Gasteiger partial charge >= 0.3 is 0 Å². The fourth-order valence-corrected chi connectivity index (χ4v) is 5.36. The summed E-state index contributed by atoms with van der Waals surface area (Å²) in [4.78, 5) is 28.8. The molecule has 220 valence electrons. The second kappa shape index (κ2) is 14.7. The second-order valence-electron chi connectivity index (χ2n) is 10.1. The summed E-state index contributed by atoms with van der Waals surface area (Å²) in [6, 6.07) is 19.2. The average Bonchev–Trinajstić information content (AvgIpc) is 2.94. The maximum atomic E-state index is 13.8. The Hall–Kier alpha value is -3.79. The highest BCUT2D eigenvalue weighted by atomic mass is 32.2. The molecule has 1 N–H and O–H groups in total. The number of carbonyl (C=O) groups excluding carboxylic acids is 2. The van der Waals surface area contributed by atoms with E-state index in [0.29, 0.717) is 17.7 Å². The summed E-state index contributed by atoms with van der Waals surface area (Å²) in [5.74, 6) is -1.55. The van der Waals surface area contributed by atoms with E-state index in [0.717, 1.165) is 16.1 Å². The zero-order chi connectivity index (χ0) is 30.0.